The fourth-order valence-electron chi connectivity index (χ4n) is 1.72. The van der Waals surface area contributed by atoms with Gasteiger partial charge in [-0.3, -0.25) is 4.79 Å². The molecule has 0 saturated heterocycles. The first kappa shape index (κ1) is 14.7. The van der Waals surface area contributed by atoms with Gasteiger partial charge in [0.25, 0.3) is 5.91 Å². The summed E-state index contributed by atoms with van der Waals surface area (Å²) in [4.78, 5) is 16.1. The van der Waals surface area contributed by atoms with Gasteiger partial charge in [-0.25, -0.2) is 9.37 Å². The van der Waals surface area contributed by atoms with Crippen molar-refractivity contribution in [2.45, 2.75) is 6.54 Å². The van der Waals surface area contributed by atoms with Crippen molar-refractivity contribution < 1.29 is 14.3 Å². The number of benzene rings is 1. The Balaban J connectivity index is 2.12. The van der Waals surface area contributed by atoms with Crippen LogP contribution in [0.1, 0.15) is 21.6 Å². The number of carbonyl (C=O) groups is 1. The molecule has 2 rings (SSSR count). The minimum absolute atomic E-state index is 0.0644. The highest BCUT2D eigenvalue weighted by Crippen LogP contribution is 2.07. The van der Waals surface area contributed by atoms with E-state index in [2.05, 4.69) is 22.1 Å². The third kappa shape index (κ3) is 3.88. The van der Waals surface area contributed by atoms with Gasteiger partial charge >= 0.3 is 0 Å². The van der Waals surface area contributed by atoms with Gasteiger partial charge in [-0.05, 0) is 18.2 Å². The lowest BCUT2D eigenvalue weighted by molar-refractivity contribution is 0.0945. The predicted molar refractivity (Wildman–Crippen MR) is 75.8 cm³/mol. The van der Waals surface area contributed by atoms with Gasteiger partial charge in [0.2, 0.25) is 0 Å². The van der Waals surface area contributed by atoms with Crippen molar-refractivity contribution >= 4 is 5.91 Å². The number of nitrogens with zero attached hydrogens (tertiary/aromatic N) is 1. The van der Waals surface area contributed by atoms with E-state index in [1.807, 2.05) is 0 Å². The summed E-state index contributed by atoms with van der Waals surface area (Å²) in [5.41, 5.74) is 0.956. The molecular formula is C16H13FN2O2. The maximum atomic E-state index is 13.5. The van der Waals surface area contributed by atoms with E-state index in [-0.39, 0.29) is 24.7 Å². The molecule has 0 radical (unpaired) electrons. The average Bonchev–Trinajstić information content (AvgIpc) is 2.52. The first-order chi connectivity index (χ1) is 10.2. The lowest BCUT2D eigenvalue weighted by Gasteiger charge is -2.07. The van der Waals surface area contributed by atoms with Crippen LogP contribution in [0.15, 0.2) is 42.6 Å². The van der Waals surface area contributed by atoms with Crippen LogP contribution in [0.4, 0.5) is 4.39 Å². The van der Waals surface area contributed by atoms with Gasteiger partial charge < -0.3 is 10.4 Å². The lowest BCUT2D eigenvalue weighted by Crippen LogP contribution is -2.25. The van der Waals surface area contributed by atoms with Gasteiger partial charge in [0, 0.05) is 18.3 Å². The quantitative estimate of drug-likeness (QED) is 0.840. The number of nitrogens with one attached hydrogen (secondary N) is 1. The first-order valence-corrected chi connectivity index (χ1v) is 6.28. The molecule has 4 nitrogen and oxygen atoms in total. The normalized spacial score (nSPS) is 9.62. The number of pyridine rings is 1. The molecule has 0 spiro atoms. The molecule has 1 heterocycles. The second-order valence-electron chi connectivity index (χ2n) is 4.13. The summed E-state index contributed by atoms with van der Waals surface area (Å²) in [5, 5.41) is 11.3. The zero-order valence-electron chi connectivity index (χ0n) is 11.1. The molecule has 21 heavy (non-hydrogen) atoms. The highest BCUT2D eigenvalue weighted by Gasteiger charge is 2.11. The van der Waals surface area contributed by atoms with Crippen molar-refractivity contribution in [3.8, 4) is 11.8 Å². The Morgan fingerprint density at radius 2 is 2.10 bits per heavy atom. The van der Waals surface area contributed by atoms with E-state index in [0.29, 0.717) is 11.1 Å². The molecule has 0 saturated carbocycles. The molecule has 5 heteroatoms. The van der Waals surface area contributed by atoms with Crippen molar-refractivity contribution in [3.05, 3.63) is 65.2 Å². The lowest BCUT2D eigenvalue weighted by atomic mass is 10.1. The Kier molecular flexibility index (Phi) is 5.02. The van der Waals surface area contributed by atoms with Crippen LogP contribution in [-0.2, 0) is 6.54 Å². The number of halogens is 1. The molecule has 1 aromatic heterocycles. The van der Waals surface area contributed by atoms with Crippen molar-refractivity contribution in [2.24, 2.45) is 0 Å². The number of hydrogen-bond donors (Lipinski definition) is 2. The van der Waals surface area contributed by atoms with Crippen molar-refractivity contribution in [2.75, 3.05) is 6.61 Å². The van der Waals surface area contributed by atoms with Crippen LogP contribution in [0.25, 0.3) is 0 Å². The molecule has 0 bridgehead atoms. The van der Waals surface area contributed by atoms with Crippen LogP contribution in [0.5, 0.6) is 0 Å². The third-order valence-electron chi connectivity index (χ3n) is 2.72. The average molecular weight is 284 g/mol. The summed E-state index contributed by atoms with van der Waals surface area (Å²) in [7, 11) is 0. The van der Waals surface area contributed by atoms with Crippen LogP contribution in [0.2, 0.25) is 0 Å². The summed E-state index contributed by atoms with van der Waals surface area (Å²) in [5.74, 6) is 4.31. The van der Waals surface area contributed by atoms with Gasteiger partial charge in [0.1, 0.15) is 18.1 Å². The summed E-state index contributed by atoms with van der Waals surface area (Å²) in [6.07, 6.45) is 1.47. The van der Waals surface area contributed by atoms with E-state index in [0.717, 1.165) is 0 Å². The molecule has 0 aliphatic carbocycles. The number of aromatic nitrogens is 1. The van der Waals surface area contributed by atoms with Gasteiger partial charge in [-0.15, -0.1) is 0 Å². The molecule has 0 atom stereocenters. The summed E-state index contributed by atoms with van der Waals surface area (Å²) >= 11 is 0. The van der Waals surface area contributed by atoms with Crippen LogP contribution in [0, 0.1) is 17.7 Å². The van der Waals surface area contributed by atoms with E-state index in [9.17, 15) is 9.18 Å². The number of aliphatic hydroxyl groups is 1. The summed E-state index contributed by atoms with van der Waals surface area (Å²) < 4.78 is 13.5. The molecule has 2 N–H and O–H groups in total. The predicted octanol–water partition coefficient (Wildman–Crippen LogP) is 1.49. The zero-order chi connectivity index (χ0) is 15.1. The van der Waals surface area contributed by atoms with Crippen LogP contribution >= 0.6 is 0 Å². The molecule has 0 fully saturated rings. The smallest absolute Gasteiger partial charge is 0.271 e. The number of amides is 1. The maximum Gasteiger partial charge on any atom is 0.271 e. The Labute approximate surface area is 121 Å². The van der Waals surface area contributed by atoms with E-state index in [4.69, 9.17) is 5.11 Å². The molecule has 106 valence electrons. The summed E-state index contributed by atoms with van der Waals surface area (Å²) in [6.45, 7) is -0.236. The fourth-order valence-corrected chi connectivity index (χ4v) is 1.72. The van der Waals surface area contributed by atoms with Crippen LogP contribution in [0.3, 0.4) is 0 Å². The number of aliphatic hydroxyl groups excluding tert-OH is 1. The Morgan fingerprint density at radius 3 is 2.86 bits per heavy atom. The van der Waals surface area contributed by atoms with E-state index in [1.165, 1.54) is 12.3 Å². The SMILES string of the molecule is O=C(NCc1ccccc1F)c1ncccc1C#CCO. The second kappa shape index (κ2) is 7.17. The first-order valence-electron chi connectivity index (χ1n) is 6.28. The highest BCUT2D eigenvalue weighted by atomic mass is 19.1. The molecule has 0 aliphatic rings. The number of carbonyl (C=O) groups excluding carboxylic acids is 1. The highest BCUT2D eigenvalue weighted by molar-refractivity contribution is 5.94. The van der Waals surface area contributed by atoms with E-state index < -0.39 is 5.91 Å². The largest absolute Gasteiger partial charge is 0.384 e. The number of hydrogen-bond acceptors (Lipinski definition) is 3. The Bertz CT molecular complexity index is 705. The van der Waals surface area contributed by atoms with Gasteiger partial charge in [-0.2, -0.15) is 0 Å². The standard InChI is InChI=1S/C16H13FN2O2/c17-14-8-2-1-5-13(14)11-19-16(21)15-12(7-4-10-20)6-3-9-18-15/h1-3,5-6,8-9,20H,10-11H2,(H,19,21). The summed E-state index contributed by atoms with van der Waals surface area (Å²) in [6, 6.07) is 9.50. The topological polar surface area (TPSA) is 62.2 Å². The van der Waals surface area contributed by atoms with Crippen molar-refractivity contribution in [1.29, 1.82) is 0 Å². The van der Waals surface area contributed by atoms with Gasteiger partial charge in [0.15, 0.2) is 0 Å². The Morgan fingerprint density at radius 1 is 1.29 bits per heavy atom. The van der Waals surface area contributed by atoms with Crippen LogP contribution in [-0.4, -0.2) is 22.6 Å². The molecule has 1 amide bonds. The second-order valence-corrected chi connectivity index (χ2v) is 4.13. The van der Waals surface area contributed by atoms with Gasteiger partial charge in [0.05, 0.1) is 5.56 Å². The van der Waals surface area contributed by atoms with Crippen molar-refractivity contribution in [1.82, 2.24) is 10.3 Å². The minimum Gasteiger partial charge on any atom is -0.384 e. The molecule has 0 unspecified atom stereocenters. The minimum atomic E-state index is -0.443. The monoisotopic (exact) mass is 284 g/mol. The molecule has 1 aromatic carbocycles. The van der Waals surface area contributed by atoms with E-state index in [1.54, 1.807) is 30.3 Å². The zero-order valence-corrected chi connectivity index (χ0v) is 11.1. The molecule has 0 aliphatic heterocycles. The van der Waals surface area contributed by atoms with Crippen molar-refractivity contribution in [3.63, 3.8) is 0 Å². The third-order valence-corrected chi connectivity index (χ3v) is 2.72. The Hall–Kier alpha value is -2.71. The van der Waals surface area contributed by atoms with Crippen LogP contribution < -0.4 is 5.32 Å². The van der Waals surface area contributed by atoms with E-state index >= 15 is 0 Å². The number of rotatable bonds is 3. The maximum absolute atomic E-state index is 13.5. The fraction of sp³-hybridized carbons (Fsp3) is 0.125. The molecule has 2 aromatic rings. The molecular weight excluding hydrogens is 271 g/mol. The van der Waals surface area contributed by atoms with Gasteiger partial charge in [-0.1, -0.05) is 30.0 Å².